The van der Waals surface area contributed by atoms with Crippen LogP contribution in [0.5, 0.6) is 5.75 Å². The Bertz CT molecular complexity index is 1050. The fourth-order valence-electron chi connectivity index (χ4n) is 3.89. The molecular weight excluding hydrogens is 395 g/mol. The fourth-order valence-corrected chi connectivity index (χ4v) is 3.89. The van der Waals surface area contributed by atoms with Gasteiger partial charge < -0.3 is 14.9 Å². The van der Waals surface area contributed by atoms with Crippen LogP contribution < -0.4 is 4.74 Å². The Morgan fingerprint density at radius 1 is 1.00 bits per heavy atom. The van der Waals surface area contributed by atoms with Gasteiger partial charge >= 0.3 is 5.97 Å². The van der Waals surface area contributed by atoms with Crippen LogP contribution in [0.4, 0.5) is 4.39 Å². The quantitative estimate of drug-likeness (QED) is 0.508. The maximum atomic E-state index is 13.9. The average Bonchev–Trinajstić information content (AvgIpc) is 2.75. The van der Waals surface area contributed by atoms with Crippen molar-refractivity contribution < 1.29 is 24.1 Å². The molecular formula is C26H25FO4. The lowest BCUT2D eigenvalue weighted by molar-refractivity contribution is -0.136. The molecule has 4 nitrogen and oxygen atoms in total. The highest BCUT2D eigenvalue weighted by atomic mass is 19.1. The molecule has 0 bridgehead atoms. The van der Waals surface area contributed by atoms with E-state index in [-0.39, 0.29) is 18.8 Å². The molecule has 1 fully saturated rings. The van der Waals surface area contributed by atoms with E-state index < -0.39 is 11.6 Å². The lowest BCUT2D eigenvalue weighted by Crippen LogP contribution is -2.33. The largest absolute Gasteiger partial charge is 0.489 e. The summed E-state index contributed by atoms with van der Waals surface area (Å²) in [6, 6.07) is 19.7. The molecule has 4 rings (SSSR count). The summed E-state index contributed by atoms with van der Waals surface area (Å²) in [5.41, 5.74) is 3.69. The third kappa shape index (κ3) is 4.94. The predicted molar refractivity (Wildman–Crippen MR) is 116 cm³/mol. The zero-order valence-electron chi connectivity index (χ0n) is 17.2. The van der Waals surface area contributed by atoms with E-state index in [4.69, 9.17) is 9.84 Å². The van der Waals surface area contributed by atoms with Crippen LogP contribution in [-0.4, -0.2) is 16.2 Å². The molecule has 0 unspecified atom stereocenters. The summed E-state index contributed by atoms with van der Waals surface area (Å²) < 4.78 is 19.8. The summed E-state index contributed by atoms with van der Waals surface area (Å²) >= 11 is 0. The normalized spacial score (nSPS) is 14.6. The summed E-state index contributed by atoms with van der Waals surface area (Å²) in [5.74, 6) is -0.516. The van der Waals surface area contributed by atoms with Crippen molar-refractivity contribution in [1.29, 1.82) is 0 Å². The Kier molecular flexibility index (Phi) is 6.05. The van der Waals surface area contributed by atoms with Crippen molar-refractivity contribution in [2.45, 2.75) is 44.3 Å². The number of carbonyl (C=O) groups is 1. The SMILES string of the molecule is O=C(O)CCc1ccc(OCc2cc(F)ccc2-c2ccc(C3(O)CCC3)cc2)cc1. The first-order chi connectivity index (χ1) is 14.9. The number of carboxylic acid groups (broad SMARTS) is 1. The van der Waals surface area contributed by atoms with E-state index in [0.717, 1.165) is 47.1 Å². The molecule has 0 spiro atoms. The van der Waals surface area contributed by atoms with Gasteiger partial charge in [-0.15, -0.1) is 0 Å². The van der Waals surface area contributed by atoms with Gasteiger partial charge in [-0.1, -0.05) is 42.5 Å². The Labute approximate surface area is 180 Å². The Hall–Kier alpha value is -3.18. The van der Waals surface area contributed by atoms with E-state index in [9.17, 15) is 14.3 Å². The fraction of sp³-hybridized carbons (Fsp3) is 0.269. The molecule has 160 valence electrons. The molecule has 31 heavy (non-hydrogen) atoms. The van der Waals surface area contributed by atoms with Crippen LogP contribution in [0, 0.1) is 5.82 Å². The van der Waals surface area contributed by atoms with Crippen molar-refractivity contribution >= 4 is 5.97 Å². The Morgan fingerprint density at radius 2 is 1.71 bits per heavy atom. The number of hydrogen-bond donors (Lipinski definition) is 2. The Morgan fingerprint density at radius 3 is 2.32 bits per heavy atom. The highest BCUT2D eigenvalue weighted by Gasteiger charge is 2.35. The molecule has 0 atom stereocenters. The lowest BCUT2D eigenvalue weighted by Gasteiger charge is -2.37. The first-order valence-corrected chi connectivity index (χ1v) is 10.5. The molecule has 5 heteroatoms. The molecule has 0 heterocycles. The lowest BCUT2D eigenvalue weighted by atomic mass is 9.75. The summed E-state index contributed by atoms with van der Waals surface area (Å²) in [6.07, 6.45) is 3.17. The van der Waals surface area contributed by atoms with Gasteiger partial charge in [0.25, 0.3) is 0 Å². The zero-order chi connectivity index (χ0) is 21.8. The molecule has 3 aromatic carbocycles. The molecule has 2 N–H and O–H groups in total. The summed E-state index contributed by atoms with van der Waals surface area (Å²) in [4.78, 5) is 10.7. The van der Waals surface area contributed by atoms with Crippen molar-refractivity contribution in [1.82, 2.24) is 0 Å². The number of aliphatic carboxylic acids is 1. The van der Waals surface area contributed by atoms with Gasteiger partial charge in [-0.3, -0.25) is 4.79 Å². The van der Waals surface area contributed by atoms with Crippen LogP contribution in [-0.2, 0) is 23.4 Å². The van der Waals surface area contributed by atoms with Crippen molar-refractivity contribution in [3.05, 3.63) is 89.2 Å². The van der Waals surface area contributed by atoms with Crippen molar-refractivity contribution in [3.63, 3.8) is 0 Å². The van der Waals surface area contributed by atoms with E-state index in [2.05, 4.69) is 0 Å². The van der Waals surface area contributed by atoms with E-state index in [0.29, 0.717) is 12.2 Å². The highest BCUT2D eigenvalue weighted by Crippen LogP contribution is 2.41. The summed E-state index contributed by atoms with van der Waals surface area (Å²) in [7, 11) is 0. The molecule has 0 aliphatic heterocycles. The van der Waals surface area contributed by atoms with Crippen LogP contribution in [0.3, 0.4) is 0 Å². The second kappa shape index (κ2) is 8.90. The number of benzene rings is 3. The Balaban J connectivity index is 1.48. The van der Waals surface area contributed by atoms with Gasteiger partial charge in [0.05, 0.1) is 5.60 Å². The molecule has 1 aliphatic rings. The standard InChI is InChI=1S/C26H25FO4/c27-22-9-12-24(19-5-7-21(8-6-19)26(30)14-1-15-26)20(16-22)17-31-23-10-2-18(3-11-23)4-13-25(28)29/h2-3,5-12,16,30H,1,4,13-15,17H2,(H,28,29). The molecule has 1 aliphatic carbocycles. The molecule has 0 saturated heterocycles. The van der Waals surface area contributed by atoms with E-state index >= 15 is 0 Å². The number of aliphatic hydroxyl groups is 1. The monoisotopic (exact) mass is 420 g/mol. The van der Waals surface area contributed by atoms with Crippen molar-refractivity contribution in [3.8, 4) is 16.9 Å². The maximum Gasteiger partial charge on any atom is 0.303 e. The number of rotatable bonds is 8. The molecule has 0 radical (unpaired) electrons. The number of hydrogen-bond acceptors (Lipinski definition) is 3. The predicted octanol–water partition coefficient (Wildman–Crippen LogP) is 5.46. The number of halogens is 1. The van der Waals surface area contributed by atoms with Gasteiger partial charge in [-0.05, 0) is 77.8 Å². The van der Waals surface area contributed by atoms with Crippen LogP contribution >= 0.6 is 0 Å². The first-order valence-electron chi connectivity index (χ1n) is 10.5. The van der Waals surface area contributed by atoms with Gasteiger partial charge in [0.15, 0.2) is 0 Å². The molecule has 0 amide bonds. The molecule has 3 aromatic rings. The summed E-state index contributed by atoms with van der Waals surface area (Å²) in [5, 5.41) is 19.3. The second-order valence-corrected chi connectivity index (χ2v) is 8.09. The minimum Gasteiger partial charge on any atom is -0.489 e. The van der Waals surface area contributed by atoms with Gasteiger partial charge in [0, 0.05) is 6.42 Å². The topological polar surface area (TPSA) is 66.8 Å². The first kappa shape index (κ1) is 21.1. The minimum absolute atomic E-state index is 0.0864. The zero-order valence-corrected chi connectivity index (χ0v) is 17.2. The second-order valence-electron chi connectivity index (χ2n) is 8.09. The molecule has 1 saturated carbocycles. The van der Waals surface area contributed by atoms with Crippen LogP contribution in [0.15, 0.2) is 66.7 Å². The van der Waals surface area contributed by atoms with Gasteiger partial charge in [0.1, 0.15) is 18.2 Å². The minimum atomic E-state index is -0.825. The third-order valence-electron chi connectivity index (χ3n) is 5.93. The van der Waals surface area contributed by atoms with Crippen molar-refractivity contribution in [2.24, 2.45) is 0 Å². The highest BCUT2D eigenvalue weighted by molar-refractivity contribution is 5.68. The third-order valence-corrected chi connectivity index (χ3v) is 5.93. The molecule has 0 aromatic heterocycles. The summed E-state index contributed by atoms with van der Waals surface area (Å²) in [6.45, 7) is 0.202. The van der Waals surface area contributed by atoms with Crippen LogP contribution in [0.1, 0.15) is 42.4 Å². The van der Waals surface area contributed by atoms with Gasteiger partial charge in [-0.25, -0.2) is 4.39 Å². The van der Waals surface area contributed by atoms with E-state index in [1.165, 1.54) is 12.1 Å². The number of ether oxygens (including phenoxy) is 1. The average molecular weight is 420 g/mol. The number of carboxylic acids is 1. The van der Waals surface area contributed by atoms with Gasteiger partial charge in [0.2, 0.25) is 0 Å². The maximum absolute atomic E-state index is 13.9. The van der Waals surface area contributed by atoms with Crippen molar-refractivity contribution in [2.75, 3.05) is 0 Å². The van der Waals surface area contributed by atoms with Gasteiger partial charge in [-0.2, -0.15) is 0 Å². The van der Waals surface area contributed by atoms with Crippen LogP contribution in [0.2, 0.25) is 0 Å². The van der Waals surface area contributed by atoms with E-state index in [1.807, 2.05) is 36.4 Å². The number of aryl methyl sites for hydroxylation is 1. The van der Waals surface area contributed by atoms with Crippen LogP contribution in [0.25, 0.3) is 11.1 Å². The van der Waals surface area contributed by atoms with E-state index in [1.54, 1.807) is 18.2 Å². The smallest absolute Gasteiger partial charge is 0.303 e.